The topological polar surface area (TPSA) is 95.5 Å². The number of benzene rings is 2. The summed E-state index contributed by atoms with van der Waals surface area (Å²) in [5, 5.41) is 16.0. The van der Waals surface area contributed by atoms with Crippen LogP contribution < -0.4 is 10.6 Å². The first-order chi connectivity index (χ1) is 12.5. The smallest absolute Gasteiger partial charge is 0.315 e. The quantitative estimate of drug-likeness (QED) is 0.750. The zero-order valence-electron chi connectivity index (χ0n) is 14.1. The van der Waals surface area contributed by atoms with E-state index >= 15 is 0 Å². The summed E-state index contributed by atoms with van der Waals surface area (Å²) in [6.07, 6.45) is 0.166. The molecule has 2 aromatic carbocycles. The van der Waals surface area contributed by atoms with Crippen molar-refractivity contribution in [2.75, 3.05) is 5.75 Å². The molecule has 0 spiro atoms. The Kier molecular flexibility index (Phi) is 4.20. The van der Waals surface area contributed by atoms with Gasteiger partial charge in [0, 0.05) is 6.42 Å². The summed E-state index contributed by atoms with van der Waals surface area (Å²) in [4.78, 5) is 12.8. The number of carbonyl (C=O) groups is 1. The monoisotopic (exact) mass is 372 g/mol. The van der Waals surface area contributed by atoms with Gasteiger partial charge in [-0.3, -0.25) is 0 Å². The van der Waals surface area contributed by atoms with Gasteiger partial charge < -0.3 is 15.7 Å². The normalized spacial score (nSPS) is 25.8. The van der Waals surface area contributed by atoms with Gasteiger partial charge in [-0.15, -0.1) is 0 Å². The molecule has 1 heterocycles. The van der Waals surface area contributed by atoms with Crippen molar-refractivity contribution in [2.24, 2.45) is 0 Å². The van der Waals surface area contributed by atoms with Crippen molar-refractivity contribution in [1.82, 2.24) is 10.6 Å². The van der Waals surface area contributed by atoms with Crippen molar-refractivity contribution < 1.29 is 18.3 Å². The predicted molar refractivity (Wildman–Crippen MR) is 96.4 cm³/mol. The van der Waals surface area contributed by atoms with E-state index in [1.165, 1.54) is 0 Å². The molecule has 0 aromatic heterocycles. The second-order valence-electron chi connectivity index (χ2n) is 6.76. The largest absolute Gasteiger partial charge is 0.390 e. The van der Waals surface area contributed by atoms with Crippen LogP contribution in [0.25, 0.3) is 0 Å². The lowest BCUT2D eigenvalue weighted by Crippen LogP contribution is -2.43. The van der Waals surface area contributed by atoms with E-state index in [0.29, 0.717) is 18.4 Å². The molecule has 3 N–H and O–H groups in total. The number of rotatable bonds is 2. The number of carbonyl (C=O) groups excluding carboxylic acids is 1. The third-order valence-corrected chi connectivity index (χ3v) is 6.92. The van der Waals surface area contributed by atoms with Crippen molar-refractivity contribution in [2.45, 2.75) is 35.9 Å². The summed E-state index contributed by atoms with van der Waals surface area (Å²) in [5.41, 5.74) is 2.56. The average Bonchev–Trinajstić information content (AvgIpc) is 2.93. The Morgan fingerprint density at radius 1 is 1.00 bits per heavy atom. The van der Waals surface area contributed by atoms with Gasteiger partial charge in [0.15, 0.2) is 9.84 Å². The minimum absolute atomic E-state index is 0.00382. The second kappa shape index (κ2) is 6.41. The van der Waals surface area contributed by atoms with Gasteiger partial charge in [-0.05, 0) is 29.2 Å². The maximum absolute atomic E-state index is 12.5. The van der Waals surface area contributed by atoms with E-state index in [2.05, 4.69) is 10.6 Å². The van der Waals surface area contributed by atoms with Gasteiger partial charge in [0.2, 0.25) is 0 Å². The van der Waals surface area contributed by atoms with Crippen LogP contribution in [0.3, 0.4) is 0 Å². The van der Waals surface area contributed by atoms with Crippen LogP contribution in [-0.4, -0.2) is 31.4 Å². The number of sulfone groups is 1. The molecule has 0 fully saturated rings. The van der Waals surface area contributed by atoms with Gasteiger partial charge in [-0.2, -0.15) is 0 Å². The molecule has 4 rings (SSSR count). The van der Waals surface area contributed by atoms with Gasteiger partial charge in [-0.25, -0.2) is 13.2 Å². The average molecular weight is 372 g/mol. The zero-order chi connectivity index (χ0) is 18.3. The molecule has 0 bridgehead atoms. The van der Waals surface area contributed by atoms with Crippen LogP contribution in [0.2, 0.25) is 0 Å². The first-order valence-corrected chi connectivity index (χ1v) is 10.3. The molecule has 0 unspecified atom stereocenters. The molecule has 0 saturated heterocycles. The Morgan fingerprint density at radius 2 is 1.69 bits per heavy atom. The summed E-state index contributed by atoms with van der Waals surface area (Å²) >= 11 is 0. The number of fused-ring (bicyclic) bond motifs is 2. The van der Waals surface area contributed by atoms with Crippen LogP contribution in [-0.2, 0) is 16.3 Å². The Morgan fingerprint density at radius 3 is 2.50 bits per heavy atom. The highest BCUT2D eigenvalue weighted by molar-refractivity contribution is 7.91. The fourth-order valence-corrected chi connectivity index (χ4v) is 5.45. The molecule has 0 radical (unpaired) electrons. The fourth-order valence-electron chi connectivity index (χ4n) is 3.83. The zero-order valence-corrected chi connectivity index (χ0v) is 14.9. The van der Waals surface area contributed by atoms with Crippen molar-refractivity contribution in [3.63, 3.8) is 0 Å². The summed E-state index contributed by atoms with van der Waals surface area (Å²) in [5.74, 6) is 0.00382. The number of aliphatic hydroxyl groups is 1. The molecular formula is C19H20N2O4S. The summed E-state index contributed by atoms with van der Waals surface area (Å²) < 4.78 is 24.4. The lowest BCUT2D eigenvalue weighted by atomic mass is 10.0. The molecule has 1 aliphatic heterocycles. The summed E-state index contributed by atoms with van der Waals surface area (Å²) in [6.45, 7) is 0. The first kappa shape index (κ1) is 17.1. The Bertz CT molecular complexity index is 958. The Labute approximate surface area is 152 Å². The van der Waals surface area contributed by atoms with Crippen molar-refractivity contribution in [3.8, 4) is 0 Å². The Hall–Kier alpha value is -2.38. The van der Waals surface area contributed by atoms with Gasteiger partial charge in [-0.1, -0.05) is 42.5 Å². The third kappa shape index (κ3) is 2.97. The minimum atomic E-state index is -3.29. The van der Waals surface area contributed by atoms with Gasteiger partial charge in [0.25, 0.3) is 0 Å². The van der Waals surface area contributed by atoms with Crippen LogP contribution in [0.15, 0.2) is 53.4 Å². The van der Waals surface area contributed by atoms with E-state index in [0.717, 1.165) is 11.1 Å². The van der Waals surface area contributed by atoms with E-state index in [9.17, 15) is 18.3 Å². The molecule has 0 saturated carbocycles. The van der Waals surface area contributed by atoms with Crippen molar-refractivity contribution in [1.29, 1.82) is 0 Å². The molecule has 136 valence electrons. The second-order valence-corrected chi connectivity index (χ2v) is 8.84. The third-order valence-electron chi connectivity index (χ3n) is 5.10. The molecule has 2 aliphatic rings. The molecule has 2 amide bonds. The molecular weight excluding hydrogens is 352 g/mol. The predicted octanol–water partition coefficient (Wildman–Crippen LogP) is 1.86. The number of nitrogens with one attached hydrogen (secondary N) is 2. The number of urea groups is 1. The van der Waals surface area contributed by atoms with Crippen LogP contribution in [0.4, 0.5) is 4.79 Å². The van der Waals surface area contributed by atoms with Gasteiger partial charge in [0.05, 0.1) is 28.8 Å². The molecule has 6 nitrogen and oxygen atoms in total. The highest BCUT2D eigenvalue weighted by Crippen LogP contribution is 2.33. The first-order valence-electron chi connectivity index (χ1n) is 8.60. The van der Waals surface area contributed by atoms with E-state index in [1.807, 2.05) is 24.3 Å². The Balaban J connectivity index is 1.51. The lowest BCUT2D eigenvalue weighted by Gasteiger charge is -2.27. The standard InChI is InChI=1S/C19H20N2O4S/c22-16-11-12-5-1-2-6-13(12)18(16)21-19(23)20-15-9-10-26(24,25)17-8-4-3-7-14(15)17/h1-8,15-16,18,22H,9-11H2,(H2,20,21,23)/t15-,16+,18-/m1/s1. The number of amides is 2. The molecule has 2 aromatic rings. The van der Waals surface area contributed by atoms with Crippen LogP contribution in [0.5, 0.6) is 0 Å². The molecule has 3 atom stereocenters. The molecule has 1 aliphatic carbocycles. The molecule has 7 heteroatoms. The highest BCUT2D eigenvalue weighted by atomic mass is 32.2. The number of hydrogen-bond donors (Lipinski definition) is 3. The van der Waals surface area contributed by atoms with Crippen LogP contribution in [0, 0.1) is 0 Å². The number of aliphatic hydroxyl groups excluding tert-OH is 1. The van der Waals surface area contributed by atoms with Crippen LogP contribution >= 0.6 is 0 Å². The van der Waals surface area contributed by atoms with Crippen LogP contribution in [0.1, 0.15) is 35.2 Å². The summed E-state index contributed by atoms with van der Waals surface area (Å²) in [6, 6.07) is 13.2. The van der Waals surface area contributed by atoms with E-state index in [1.54, 1.807) is 24.3 Å². The minimum Gasteiger partial charge on any atom is -0.390 e. The maximum atomic E-state index is 12.5. The van der Waals surface area contributed by atoms with Crippen molar-refractivity contribution in [3.05, 3.63) is 65.2 Å². The summed E-state index contributed by atoms with van der Waals surface area (Å²) in [7, 11) is -3.29. The van der Waals surface area contributed by atoms with E-state index in [4.69, 9.17) is 0 Å². The lowest BCUT2D eigenvalue weighted by molar-refractivity contribution is 0.141. The highest BCUT2D eigenvalue weighted by Gasteiger charge is 2.34. The molecule has 26 heavy (non-hydrogen) atoms. The van der Waals surface area contributed by atoms with Crippen molar-refractivity contribution >= 4 is 15.9 Å². The number of hydrogen-bond acceptors (Lipinski definition) is 4. The van der Waals surface area contributed by atoms with E-state index in [-0.39, 0.29) is 16.7 Å². The fraction of sp³-hybridized carbons (Fsp3) is 0.316. The van der Waals surface area contributed by atoms with Gasteiger partial charge in [0.1, 0.15) is 0 Å². The van der Waals surface area contributed by atoms with Gasteiger partial charge >= 0.3 is 6.03 Å². The van der Waals surface area contributed by atoms with E-state index < -0.39 is 28.0 Å². The maximum Gasteiger partial charge on any atom is 0.315 e. The SMILES string of the molecule is O=C(N[C@@H]1c2ccccc2C[C@@H]1O)N[C@@H]1CCS(=O)(=O)c2ccccc21.